The molecule has 1 aliphatic rings. The van der Waals surface area contributed by atoms with E-state index in [-0.39, 0.29) is 18.3 Å². The topological polar surface area (TPSA) is 50.6 Å². The van der Waals surface area contributed by atoms with Gasteiger partial charge in [0.25, 0.3) is 5.91 Å². The zero-order chi connectivity index (χ0) is 24.1. The number of amides is 1. The molecular formula is C26H30F2N4O2. The molecule has 0 saturated carbocycles. The average molecular weight is 469 g/mol. The van der Waals surface area contributed by atoms with Crippen LogP contribution >= 0.6 is 0 Å². The zero-order valence-electron chi connectivity index (χ0n) is 19.6. The summed E-state index contributed by atoms with van der Waals surface area (Å²) in [5.74, 6) is -0.963. The van der Waals surface area contributed by atoms with E-state index >= 15 is 0 Å². The third kappa shape index (κ3) is 5.18. The van der Waals surface area contributed by atoms with Gasteiger partial charge in [0.15, 0.2) is 0 Å². The Hall–Kier alpha value is -3.10. The molecule has 3 aromatic rings. The molecule has 8 heteroatoms. The Morgan fingerprint density at radius 1 is 1.15 bits per heavy atom. The van der Waals surface area contributed by atoms with Crippen molar-refractivity contribution in [1.29, 1.82) is 0 Å². The summed E-state index contributed by atoms with van der Waals surface area (Å²) in [6.07, 6.45) is 1.79. The Labute approximate surface area is 198 Å². The van der Waals surface area contributed by atoms with Crippen LogP contribution in [0, 0.1) is 11.6 Å². The molecule has 0 fully saturated rings. The Balaban J connectivity index is 1.71. The lowest BCUT2D eigenvalue weighted by atomic mass is 10.0. The van der Waals surface area contributed by atoms with Crippen LogP contribution in [-0.4, -0.2) is 58.8 Å². The van der Waals surface area contributed by atoms with E-state index in [0.717, 1.165) is 42.9 Å². The number of halogens is 2. The number of fused-ring (bicyclic) bond motifs is 1. The molecule has 0 aliphatic carbocycles. The van der Waals surface area contributed by atoms with Crippen molar-refractivity contribution >= 4 is 5.91 Å². The molecule has 0 atom stereocenters. The van der Waals surface area contributed by atoms with E-state index in [2.05, 4.69) is 11.8 Å². The standard InChI is InChI=1S/C26H30F2N4O2/c1-3-13-30-14-12-24-21(17-30)23(29-32(24)25-7-5-4-6-22(25)28)18-31(15-16-34-2)26(33)19-8-10-20(27)11-9-19/h4-11H,3,12-18H2,1-2H3. The first-order chi connectivity index (χ1) is 16.5. The van der Waals surface area contributed by atoms with Crippen LogP contribution in [0.5, 0.6) is 0 Å². The summed E-state index contributed by atoms with van der Waals surface area (Å²) >= 11 is 0. The van der Waals surface area contributed by atoms with Crippen molar-refractivity contribution in [3.63, 3.8) is 0 Å². The van der Waals surface area contributed by atoms with Gasteiger partial charge in [-0.2, -0.15) is 5.10 Å². The molecule has 4 rings (SSSR count). The summed E-state index contributed by atoms with van der Waals surface area (Å²) in [5, 5.41) is 4.81. The molecule has 1 amide bonds. The predicted molar refractivity (Wildman–Crippen MR) is 126 cm³/mol. The molecule has 0 radical (unpaired) electrons. The van der Waals surface area contributed by atoms with Gasteiger partial charge in [0, 0.05) is 44.3 Å². The molecule has 180 valence electrons. The molecule has 0 saturated heterocycles. The van der Waals surface area contributed by atoms with Crippen molar-refractivity contribution in [2.24, 2.45) is 0 Å². The van der Waals surface area contributed by atoms with Gasteiger partial charge in [0.2, 0.25) is 0 Å². The fourth-order valence-corrected chi connectivity index (χ4v) is 4.41. The van der Waals surface area contributed by atoms with Gasteiger partial charge in [-0.05, 0) is 49.4 Å². The average Bonchev–Trinajstić information content (AvgIpc) is 3.19. The molecule has 2 aromatic carbocycles. The number of aromatic nitrogens is 2. The van der Waals surface area contributed by atoms with Crippen molar-refractivity contribution in [3.05, 3.63) is 82.7 Å². The largest absolute Gasteiger partial charge is 0.383 e. The van der Waals surface area contributed by atoms with Gasteiger partial charge >= 0.3 is 0 Å². The molecule has 0 N–H and O–H groups in total. The van der Waals surface area contributed by atoms with Crippen molar-refractivity contribution in [2.45, 2.75) is 32.9 Å². The SMILES string of the molecule is CCCN1CCc2c(c(CN(CCOC)C(=O)c3ccc(F)cc3)nn2-c2ccccc2F)C1. The van der Waals surface area contributed by atoms with Crippen LogP contribution in [0.15, 0.2) is 48.5 Å². The highest BCUT2D eigenvalue weighted by Gasteiger charge is 2.28. The molecule has 0 spiro atoms. The van der Waals surface area contributed by atoms with Crippen LogP contribution in [0.3, 0.4) is 0 Å². The van der Waals surface area contributed by atoms with Crippen LogP contribution in [-0.2, 0) is 24.2 Å². The maximum atomic E-state index is 14.7. The second-order valence-electron chi connectivity index (χ2n) is 8.49. The molecule has 1 aliphatic heterocycles. The first-order valence-electron chi connectivity index (χ1n) is 11.6. The van der Waals surface area contributed by atoms with Crippen molar-refractivity contribution < 1.29 is 18.3 Å². The number of para-hydroxylation sites is 1. The van der Waals surface area contributed by atoms with Gasteiger partial charge in [-0.25, -0.2) is 13.5 Å². The maximum Gasteiger partial charge on any atom is 0.254 e. The minimum absolute atomic E-state index is 0.229. The van der Waals surface area contributed by atoms with Gasteiger partial charge in [0.05, 0.1) is 24.5 Å². The van der Waals surface area contributed by atoms with Crippen molar-refractivity contribution in [3.8, 4) is 5.69 Å². The first kappa shape index (κ1) is 24.0. The van der Waals surface area contributed by atoms with E-state index < -0.39 is 5.82 Å². The molecule has 0 unspecified atom stereocenters. The Morgan fingerprint density at radius 2 is 1.91 bits per heavy atom. The van der Waals surface area contributed by atoms with Crippen LogP contribution in [0.2, 0.25) is 0 Å². The van der Waals surface area contributed by atoms with E-state index in [1.807, 2.05) is 0 Å². The number of methoxy groups -OCH3 is 1. The Bertz CT molecular complexity index is 1130. The number of hydrogen-bond acceptors (Lipinski definition) is 4. The summed E-state index contributed by atoms with van der Waals surface area (Å²) in [7, 11) is 1.58. The van der Waals surface area contributed by atoms with Crippen LogP contribution < -0.4 is 0 Å². The van der Waals surface area contributed by atoms with Crippen molar-refractivity contribution in [2.75, 3.05) is 33.4 Å². The van der Waals surface area contributed by atoms with Gasteiger partial charge in [-0.3, -0.25) is 9.69 Å². The molecule has 2 heterocycles. The van der Waals surface area contributed by atoms with Crippen LogP contribution in [0.4, 0.5) is 8.78 Å². The van der Waals surface area contributed by atoms with E-state index in [1.165, 1.54) is 30.3 Å². The lowest BCUT2D eigenvalue weighted by Gasteiger charge is -2.28. The second-order valence-corrected chi connectivity index (χ2v) is 8.49. The van der Waals surface area contributed by atoms with E-state index in [0.29, 0.717) is 30.9 Å². The molecule has 6 nitrogen and oxygen atoms in total. The fourth-order valence-electron chi connectivity index (χ4n) is 4.41. The lowest BCUT2D eigenvalue weighted by molar-refractivity contribution is 0.0676. The third-order valence-electron chi connectivity index (χ3n) is 6.12. The zero-order valence-corrected chi connectivity index (χ0v) is 19.6. The quantitative estimate of drug-likeness (QED) is 0.472. The molecular weight excluding hydrogens is 438 g/mol. The van der Waals surface area contributed by atoms with Gasteiger partial charge in [0.1, 0.15) is 17.3 Å². The Morgan fingerprint density at radius 3 is 2.62 bits per heavy atom. The molecule has 34 heavy (non-hydrogen) atoms. The van der Waals surface area contributed by atoms with Gasteiger partial charge in [-0.1, -0.05) is 19.1 Å². The predicted octanol–water partition coefficient (Wildman–Crippen LogP) is 4.21. The van der Waals surface area contributed by atoms with Gasteiger partial charge < -0.3 is 9.64 Å². The minimum Gasteiger partial charge on any atom is -0.383 e. The van der Waals surface area contributed by atoms with Crippen molar-refractivity contribution in [1.82, 2.24) is 19.6 Å². The summed E-state index contributed by atoms with van der Waals surface area (Å²) in [4.78, 5) is 17.3. The highest BCUT2D eigenvalue weighted by atomic mass is 19.1. The maximum absolute atomic E-state index is 14.7. The lowest BCUT2D eigenvalue weighted by Crippen LogP contribution is -2.35. The summed E-state index contributed by atoms with van der Waals surface area (Å²) in [6.45, 7) is 5.65. The smallest absolute Gasteiger partial charge is 0.254 e. The number of rotatable bonds is 9. The summed E-state index contributed by atoms with van der Waals surface area (Å²) in [6, 6.07) is 12.1. The normalized spacial score (nSPS) is 13.6. The number of carbonyl (C=O) groups is 1. The summed E-state index contributed by atoms with van der Waals surface area (Å²) in [5.41, 5.74) is 3.56. The number of ether oxygens (including phenoxy) is 1. The highest BCUT2D eigenvalue weighted by molar-refractivity contribution is 5.94. The third-order valence-corrected chi connectivity index (χ3v) is 6.12. The monoisotopic (exact) mass is 468 g/mol. The molecule has 0 bridgehead atoms. The van der Waals surface area contributed by atoms with E-state index in [1.54, 1.807) is 34.9 Å². The summed E-state index contributed by atoms with van der Waals surface area (Å²) < 4.78 is 35.0. The van der Waals surface area contributed by atoms with E-state index in [4.69, 9.17) is 9.84 Å². The molecule has 1 aromatic heterocycles. The first-order valence-corrected chi connectivity index (χ1v) is 11.6. The highest BCUT2D eigenvalue weighted by Crippen LogP contribution is 2.28. The number of benzene rings is 2. The fraction of sp³-hybridized carbons (Fsp3) is 0.385. The van der Waals surface area contributed by atoms with Crippen LogP contribution in [0.25, 0.3) is 5.69 Å². The van der Waals surface area contributed by atoms with Gasteiger partial charge in [-0.15, -0.1) is 0 Å². The number of nitrogens with zero attached hydrogens (tertiary/aromatic N) is 4. The second kappa shape index (κ2) is 10.9. The van der Waals surface area contributed by atoms with E-state index in [9.17, 15) is 13.6 Å². The minimum atomic E-state index is -0.395. The number of carbonyl (C=O) groups excluding carboxylic acids is 1. The number of hydrogen-bond donors (Lipinski definition) is 0. The van der Waals surface area contributed by atoms with Crippen LogP contribution in [0.1, 0.15) is 40.7 Å². The Kier molecular flexibility index (Phi) is 7.70.